The van der Waals surface area contributed by atoms with Crippen LogP contribution in [0.1, 0.15) is 72.7 Å². The quantitative estimate of drug-likeness (QED) is 0.0954. The maximum Gasteiger partial charge on any atom is 0.130 e. The molecule has 12 nitrogen and oxygen atoms in total. The zero-order valence-corrected chi connectivity index (χ0v) is 58.4. The Morgan fingerprint density at radius 1 is 0.452 bits per heavy atom. The fourth-order valence-electron chi connectivity index (χ4n) is 11.9. The summed E-state index contributed by atoms with van der Waals surface area (Å²) in [6.07, 6.45) is 5.21. The van der Waals surface area contributed by atoms with Gasteiger partial charge in [-0.2, -0.15) is 0 Å². The van der Waals surface area contributed by atoms with Crippen LogP contribution in [0, 0.1) is 0 Å². The van der Waals surface area contributed by atoms with E-state index < -0.39 is 11.2 Å². The number of benzene rings is 6. The number of nitrogens with one attached hydrogen (secondary N) is 1. The molecule has 13 rings (SSSR count). The number of aromatic nitrogens is 3. The highest BCUT2D eigenvalue weighted by atomic mass is 35.5. The van der Waals surface area contributed by atoms with Gasteiger partial charge < -0.3 is 35.0 Å². The largest absolute Gasteiger partial charge is 0.382 e. The second-order valence-corrected chi connectivity index (χ2v) is 27.8. The van der Waals surface area contributed by atoms with Crippen LogP contribution in [0.5, 0.6) is 0 Å². The third-order valence-corrected chi connectivity index (χ3v) is 19.2. The number of pyridine rings is 3. The van der Waals surface area contributed by atoms with Crippen LogP contribution in [0.25, 0.3) is 0 Å². The first-order valence-corrected chi connectivity index (χ1v) is 33.9. The fraction of sp³-hybridized carbons (Fsp3) is 0.292. The Balaban J connectivity index is 0.000000144. The summed E-state index contributed by atoms with van der Waals surface area (Å²) in [4.78, 5) is 24.4. The Bertz CT molecular complexity index is 3700. The van der Waals surface area contributed by atoms with Crippen LogP contribution in [0.15, 0.2) is 201 Å². The molecule has 4 aliphatic rings. The number of β-amino-alcohol motifs (C(OH)–C–C–N with tert-alkyl or cyclic N) is 2. The molecule has 3 N–H and O–H groups in total. The Kier molecular flexibility index (Phi) is 24.2. The van der Waals surface area contributed by atoms with Crippen LogP contribution in [0.3, 0.4) is 0 Å². The molecule has 0 saturated carbocycles. The number of anilines is 3. The number of halogens is 9. The molecule has 0 bridgehead atoms. The summed E-state index contributed by atoms with van der Waals surface area (Å²) in [5, 5.41) is 31.6. The van der Waals surface area contributed by atoms with E-state index >= 15 is 0 Å². The van der Waals surface area contributed by atoms with Crippen molar-refractivity contribution in [3.63, 3.8) is 0 Å². The van der Waals surface area contributed by atoms with Gasteiger partial charge in [0.1, 0.15) is 16.8 Å². The van der Waals surface area contributed by atoms with Crippen LogP contribution in [0.2, 0.25) is 45.2 Å². The van der Waals surface area contributed by atoms with Crippen LogP contribution in [-0.4, -0.2) is 114 Å². The van der Waals surface area contributed by atoms with E-state index in [1.54, 1.807) is 36.8 Å². The number of hydrogen-bond donors (Lipinski definition) is 3. The number of piperazine rings is 3. The molecule has 21 heteroatoms. The molecule has 4 aliphatic heterocycles. The predicted octanol–water partition coefficient (Wildman–Crippen LogP) is 17.8. The van der Waals surface area contributed by atoms with Gasteiger partial charge in [0.05, 0.1) is 73.9 Å². The highest BCUT2D eigenvalue weighted by molar-refractivity contribution is 6.37. The maximum atomic E-state index is 11.1. The van der Waals surface area contributed by atoms with Gasteiger partial charge in [-0.15, -0.1) is 0 Å². The molecule has 0 unspecified atom stereocenters. The zero-order chi connectivity index (χ0) is 65.9. The van der Waals surface area contributed by atoms with E-state index in [2.05, 4.69) is 63.8 Å². The summed E-state index contributed by atoms with van der Waals surface area (Å²) >= 11 is 56.0. The molecule has 0 aliphatic carbocycles. The second kappa shape index (κ2) is 32.1. The minimum absolute atomic E-state index is 0.0456. The van der Waals surface area contributed by atoms with E-state index in [1.165, 1.54) is 5.56 Å². The summed E-state index contributed by atoms with van der Waals surface area (Å²) in [6, 6.07) is 58.1. The Labute approximate surface area is 590 Å². The van der Waals surface area contributed by atoms with Crippen molar-refractivity contribution in [1.29, 1.82) is 0 Å². The van der Waals surface area contributed by atoms with E-state index in [-0.39, 0.29) is 23.7 Å². The lowest BCUT2D eigenvalue weighted by atomic mass is 9.97. The predicted molar refractivity (Wildman–Crippen MR) is 385 cm³/mol. The molecule has 0 amide bonds. The molecule has 7 heterocycles. The van der Waals surface area contributed by atoms with Gasteiger partial charge in [0, 0.05) is 121 Å². The highest BCUT2D eigenvalue weighted by Crippen LogP contribution is 2.41. The molecule has 6 atom stereocenters. The van der Waals surface area contributed by atoms with Crippen molar-refractivity contribution in [2.75, 3.05) is 93.3 Å². The van der Waals surface area contributed by atoms with Gasteiger partial charge in [0.2, 0.25) is 0 Å². The molecule has 4 saturated heterocycles. The summed E-state index contributed by atoms with van der Waals surface area (Å²) < 4.78 is 5.22. The van der Waals surface area contributed by atoms with Crippen molar-refractivity contribution >= 4 is 121 Å². The Morgan fingerprint density at radius 2 is 0.806 bits per heavy atom. The van der Waals surface area contributed by atoms with E-state index in [9.17, 15) is 10.2 Å². The van der Waals surface area contributed by atoms with Gasteiger partial charge in [0.15, 0.2) is 0 Å². The van der Waals surface area contributed by atoms with E-state index in [0.29, 0.717) is 64.7 Å². The normalized spacial score (nSPS) is 20.3. The first-order valence-electron chi connectivity index (χ1n) is 30.5. The van der Waals surface area contributed by atoms with Gasteiger partial charge >= 0.3 is 0 Å². The maximum absolute atomic E-state index is 11.1. The van der Waals surface area contributed by atoms with Crippen LogP contribution >= 0.6 is 104 Å². The molecule has 9 aromatic rings. The van der Waals surface area contributed by atoms with Crippen molar-refractivity contribution in [2.24, 2.45) is 0 Å². The zero-order valence-electron chi connectivity index (χ0n) is 51.6. The Morgan fingerprint density at radius 3 is 1.15 bits per heavy atom. The number of ether oxygens (including phenoxy) is 1. The van der Waals surface area contributed by atoms with Gasteiger partial charge in [-0.05, 0) is 165 Å². The van der Waals surface area contributed by atoms with Crippen molar-refractivity contribution < 1.29 is 14.9 Å². The lowest BCUT2D eigenvalue weighted by Crippen LogP contribution is -2.52. The number of rotatable bonds is 13. The fourth-order valence-corrected chi connectivity index (χ4v) is 13.9. The van der Waals surface area contributed by atoms with Crippen molar-refractivity contribution in [3.05, 3.63) is 280 Å². The molecule has 93 heavy (non-hydrogen) atoms. The molecular weight excluding hydrogens is 1360 g/mol. The highest BCUT2D eigenvalue weighted by Gasteiger charge is 2.42. The molecule has 0 spiro atoms. The topological polar surface area (TPSA) is 120 Å². The molecule has 486 valence electrons. The SMILES string of the molecule is C[C@@](O)(CN1CCN(c2ccc(Cl)cc2Cl)[C@H](c2ccc(Cl)cc2)C1)c1ccccn1.C[C@](O)(CN1CCN(c2ccc(Cl)cc2Cl)[C@H](c2ccc(Cl)cc2)C1)c1ccccn1.C[C@]1(c2ccccn2)CO1.Clc1ccc([C@@H]2CNCCN2c2ccc(Cl)cc2Cl)cc1. The average Bonchev–Trinajstić information content (AvgIpc) is 1.60. The number of hydrogen-bond acceptors (Lipinski definition) is 12. The third-order valence-electron chi connectivity index (χ3n) is 16.9. The van der Waals surface area contributed by atoms with Gasteiger partial charge in [-0.25, -0.2) is 0 Å². The first kappa shape index (κ1) is 70.3. The van der Waals surface area contributed by atoms with Crippen LogP contribution < -0.4 is 20.0 Å². The van der Waals surface area contributed by atoms with E-state index in [4.69, 9.17) is 109 Å². The number of epoxide rings is 1. The lowest BCUT2D eigenvalue weighted by Gasteiger charge is -2.45. The number of aliphatic hydroxyl groups is 2. The van der Waals surface area contributed by atoms with Gasteiger partial charge in [0.25, 0.3) is 0 Å². The molecule has 0 radical (unpaired) electrons. The van der Waals surface area contributed by atoms with E-state index in [0.717, 1.165) is 104 Å². The third kappa shape index (κ3) is 18.8. The Hall–Kier alpha value is -5.46. The first-order chi connectivity index (χ1) is 44.6. The van der Waals surface area contributed by atoms with Crippen LogP contribution in [-0.2, 0) is 21.5 Å². The van der Waals surface area contributed by atoms with Crippen molar-refractivity contribution in [1.82, 2.24) is 30.1 Å². The standard InChI is InChI=1S/2C24H24Cl3N3O.C16H15Cl3N2.C8H9NO/c2*1-24(31,23-4-2-3-11-28-23)16-29-12-13-30(21-10-9-19(26)14-20(21)27)22(15-29)17-5-7-18(25)8-6-17;17-12-3-1-11(2-4-12)16-10-20-7-8-21(16)15-6-5-13(18)9-14(15)19;1-8(6-10-8)7-4-2-3-5-9-7/h2*2-11,14,22,31H,12-13,15-16H2,1H3;1-6,9,16,20H,7-8,10H2;2-5H,6H2,1H3/t22-,24+;22-,24-;16-;8-/m0001/s1. The minimum Gasteiger partial charge on any atom is -0.382 e. The lowest BCUT2D eigenvalue weighted by molar-refractivity contribution is 0.00645. The van der Waals surface area contributed by atoms with Crippen LogP contribution in [0.4, 0.5) is 17.1 Å². The van der Waals surface area contributed by atoms with Gasteiger partial charge in [-0.3, -0.25) is 24.8 Å². The minimum atomic E-state index is -1.05. The second-order valence-electron chi connectivity index (χ2n) is 24.0. The molecular formula is C72H72Cl9N9O3. The molecule has 4 fully saturated rings. The van der Waals surface area contributed by atoms with E-state index in [1.807, 2.05) is 166 Å². The average molecular weight is 1430 g/mol. The van der Waals surface area contributed by atoms with Crippen molar-refractivity contribution in [3.8, 4) is 0 Å². The monoisotopic (exact) mass is 1430 g/mol. The van der Waals surface area contributed by atoms with Crippen molar-refractivity contribution in [2.45, 2.75) is 55.7 Å². The summed E-state index contributed by atoms with van der Waals surface area (Å²) in [5.41, 5.74) is 6.61. The molecule has 3 aromatic heterocycles. The van der Waals surface area contributed by atoms with Gasteiger partial charge in [-0.1, -0.05) is 159 Å². The summed E-state index contributed by atoms with van der Waals surface area (Å²) in [5.74, 6) is 0. The molecule has 6 aromatic carbocycles. The summed E-state index contributed by atoms with van der Waals surface area (Å²) in [6.45, 7) is 14.7. The number of nitrogens with zero attached hydrogens (tertiary/aromatic N) is 8. The summed E-state index contributed by atoms with van der Waals surface area (Å²) in [7, 11) is 0. The smallest absolute Gasteiger partial charge is 0.130 e.